The van der Waals surface area contributed by atoms with Gasteiger partial charge in [0.1, 0.15) is 34.3 Å². The van der Waals surface area contributed by atoms with Crippen molar-refractivity contribution in [2.45, 2.75) is 50.3 Å². The summed E-state index contributed by atoms with van der Waals surface area (Å²) in [6.07, 6.45) is 1.07. The SMILES string of the molecule is COc1ccc(CN(c2ncns2)S(=O)(=O)c2c(F)cc(NC3CCN(C(=O)OC(C)(C)C)C3)c(Cl)c2F)c(OC)c1. The van der Waals surface area contributed by atoms with E-state index in [1.165, 1.54) is 19.1 Å². The van der Waals surface area contributed by atoms with Crippen molar-refractivity contribution in [1.82, 2.24) is 14.3 Å². The maximum absolute atomic E-state index is 15.7. The molecule has 1 N–H and O–H groups in total. The summed E-state index contributed by atoms with van der Waals surface area (Å²) < 4.78 is 79.4. The van der Waals surface area contributed by atoms with Crippen molar-refractivity contribution in [2.24, 2.45) is 0 Å². The molecule has 16 heteroatoms. The van der Waals surface area contributed by atoms with E-state index in [2.05, 4.69) is 14.7 Å². The molecule has 1 atom stereocenters. The Morgan fingerprint density at radius 2 is 1.98 bits per heavy atom. The number of sulfonamides is 1. The fourth-order valence-electron chi connectivity index (χ4n) is 4.29. The van der Waals surface area contributed by atoms with Gasteiger partial charge in [0.05, 0.1) is 26.5 Å². The van der Waals surface area contributed by atoms with Crippen LogP contribution in [-0.2, 0) is 21.3 Å². The number of nitrogens with zero attached hydrogens (tertiary/aromatic N) is 4. The van der Waals surface area contributed by atoms with E-state index in [0.29, 0.717) is 24.3 Å². The van der Waals surface area contributed by atoms with Crippen LogP contribution in [-0.4, -0.2) is 67.7 Å². The molecule has 0 aliphatic carbocycles. The lowest BCUT2D eigenvalue weighted by Crippen LogP contribution is -2.36. The molecule has 1 aromatic heterocycles. The number of aromatic nitrogens is 2. The van der Waals surface area contributed by atoms with Crippen LogP contribution in [0, 0.1) is 11.6 Å². The summed E-state index contributed by atoms with van der Waals surface area (Å²) in [5, 5.41) is 2.17. The second kappa shape index (κ2) is 12.4. The minimum absolute atomic E-state index is 0.127. The van der Waals surface area contributed by atoms with Crippen LogP contribution >= 0.6 is 23.1 Å². The number of hydrogen-bond acceptors (Lipinski definition) is 10. The number of carbonyl (C=O) groups is 1. The first-order chi connectivity index (χ1) is 19.7. The van der Waals surface area contributed by atoms with Gasteiger partial charge in [0.15, 0.2) is 10.7 Å². The Morgan fingerprint density at radius 3 is 2.60 bits per heavy atom. The van der Waals surface area contributed by atoms with Crippen LogP contribution in [0.5, 0.6) is 11.5 Å². The van der Waals surface area contributed by atoms with Gasteiger partial charge >= 0.3 is 6.09 Å². The number of benzene rings is 2. The molecule has 1 amide bonds. The molecule has 1 unspecified atom stereocenters. The van der Waals surface area contributed by atoms with Crippen LogP contribution in [0.2, 0.25) is 5.02 Å². The van der Waals surface area contributed by atoms with Crippen LogP contribution in [0.4, 0.5) is 24.4 Å². The van der Waals surface area contributed by atoms with E-state index >= 15 is 8.78 Å². The molecular weight excluding hydrogens is 616 g/mol. The fraction of sp³-hybridized carbons (Fsp3) is 0.423. The molecule has 2 aromatic carbocycles. The largest absolute Gasteiger partial charge is 0.497 e. The number of anilines is 2. The van der Waals surface area contributed by atoms with E-state index in [1.54, 1.807) is 39.0 Å². The van der Waals surface area contributed by atoms with Gasteiger partial charge in [-0.05, 0) is 39.3 Å². The zero-order valence-corrected chi connectivity index (χ0v) is 25.9. The highest BCUT2D eigenvalue weighted by Gasteiger charge is 2.37. The molecule has 42 heavy (non-hydrogen) atoms. The van der Waals surface area contributed by atoms with E-state index in [1.807, 2.05) is 0 Å². The van der Waals surface area contributed by atoms with Gasteiger partial charge in [0, 0.05) is 48.4 Å². The molecule has 4 rings (SSSR count). The van der Waals surface area contributed by atoms with Crippen LogP contribution in [0.25, 0.3) is 0 Å². The minimum atomic E-state index is -4.91. The van der Waals surface area contributed by atoms with Crippen molar-refractivity contribution in [3.8, 4) is 11.5 Å². The molecule has 1 saturated heterocycles. The van der Waals surface area contributed by atoms with Crippen molar-refractivity contribution in [2.75, 3.05) is 36.9 Å². The Kier molecular flexibility index (Phi) is 9.33. The molecule has 11 nitrogen and oxygen atoms in total. The summed E-state index contributed by atoms with van der Waals surface area (Å²) in [5.41, 5.74) is -0.459. The first kappa shape index (κ1) is 31.5. The predicted octanol–water partition coefficient (Wildman–Crippen LogP) is 5.30. The molecule has 1 aliphatic rings. The zero-order chi connectivity index (χ0) is 30.8. The molecule has 0 spiro atoms. The zero-order valence-electron chi connectivity index (χ0n) is 23.5. The molecule has 0 saturated carbocycles. The Hall–Kier alpha value is -3.43. The monoisotopic (exact) mass is 645 g/mol. The summed E-state index contributed by atoms with van der Waals surface area (Å²) in [5.74, 6) is -2.09. The van der Waals surface area contributed by atoms with Crippen LogP contribution in [0.3, 0.4) is 0 Å². The van der Waals surface area contributed by atoms with Gasteiger partial charge in [-0.25, -0.2) is 31.3 Å². The van der Waals surface area contributed by atoms with E-state index < -0.39 is 49.3 Å². The first-order valence-electron chi connectivity index (χ1n) is 12.7. The quantitative estimate of drug-likeness (QED) is 0.309. The van der Waals surface area contributed by atoms with Gasteiger partial charge in [-0.3, -0.25) is 0 Å². The molecule has 0 bridgehead atoms. The normalized spacial score (nSPS) is 15.4. The lowest BCUT2D eigenvalue weighted by atomic mass is 10.2. The molecule has 228 valence electrons. The van der Waals surface area contributed by atoms with Gasteiger partial charge in [-0.2, -0.15) is 4.37 Å². The molecule has 3 aromatic rings. The number of likely N-dealkylation sites (tertiary alicyclic amines) is 1. The van der Waals surface area contributed by atoms with E-state index in [-0.39, 0.29) is 29.7 Å². The smallest absolute Gasteiger partial charge is 0.410 e. The lowest BCUT2D eigenvalue weighted by Gasteiger charge is -2.25. The third-order valence-electron chi connectivity index (χ3n) is 6.24. The van der Waals surface area contributed by atoms with Gasteiger partial charge in [0.25, 0.3) is 10.0 Å². The first-order valence-corrected chi connectivity index (χ1v) is 15.3. The van der Waals surface area contributed by atoms with E-state index in [4.69, 9.17) is 25.8 Å². The Bertz CT molecular complexity index is 1550. The standard InChI is InChI=1S/C26H30ClF2N5O6S2/c1-26(2,3)40-25(35)33-9-8-16(13-33)32-19-11-18(28)23(22(29)21(19)27)42(36,37)34(24-30-14-31-41-24)12-15-6-7-17(38-4)10-20(15)39-5/h6-7,10-11,14,16,32H,8-9,12-13H2,1-5H3. The number of ether oxygens (including phenoxy) is 3. The second-order valence-electron chi connectivity index (χ2n) is 10.3. The lowest BCUT2D eigenvalue weighted by molar-refractivity contribution is 0.0293. The summed E-state index contributed by atoms with van der Waals surface area (Å²) in [7, 11) is -2.05. The van der Waals surface area contributed by atoms with Crippen molar-refractivity contribution in [3.63, 3.8) is 0 Å². The summed E-state index contributed by atoms with van der Waals surface area (Å²) in [6, 6.07) is 5.12. The summed E-state index contributed by atoms with van der Waals surface area (Å²) >= 11 is 6.99. The van der Waals surface area contributed by atoms with Crippen molar-refractivity contribution in [3.05, 3.63) is 52.8 Å². The van der Waals surface area contributed by atoms with Gasteiger partial charge in [-0.1, -0.05) is 11.6 Å². The van der Waals surface area contributed by atoms with E-state index in [0.717, 1.165) is 28.2 Å². The van der Waals surface area contributed by atoms with Gasteiger partial charge in [-0.15, -0.1) is 0 Å². The van der Waals surface area contributed by atoms with Crippen molar-refractivity contribution in [1.29, 1.82) is 0 Å². The van der Waals surface area contributed by atoms with Crippen LogP contribution in [0.1, 0.15) is 32.8 Å². The molecule has 1 fully saturated rings. The highest BCUT2D eigenvalue weighted by atomic mass is 35.5. The second-order valence-corrected chi connectivity index (χ2v) is 13.3. The number of nitrogens with one attached hydrogen (secondary N) is 1. The predicted molar refractivity (Wildman–Crippen MR) is 154 cm³/mol. The molecule has 2 heterocycles. The highest BCUT2D eigenvalue weighted by Crippen LogP contribution is 2.38. The number of rotatable bonds is 9. The van der Waals surface area contributed by atoms with Gasteiger partial charge < -0.3 is 24.4 Å². The van der Waals surface area contributed by atoms with Crippen LogP contribution in [0.15, 0.2) is 35.5 Å². The Balaban J connectivity index is 1.64. The molecule has 0 radical (unpaired) electrons. The average Bonchev–Trinajstić information content (AvgIpc) is 3.62. The number of carbonyl (C=O) groups excluding carboxylic acids is 1. The van der Waals surface area contributed by atoms with Crippen molar-refractivity contribution >= 4 is 50.1 Å². The van der Waals surface area contributed by atoms with Gasteiger partial charge in [0.2, 0.25) is 5.13 Å². The maximum Gasteiger partial charge on any atom is 0.410 e. The van der Waals surface area contributed by atoms with Crippen molar-refractivity contribution < 1.29 is 36.2 Å². The highest BCUT2D eigenvalue weighted by molar-refractivity contribution is 7.93. The number of halogens is 3. The third kappa shape index (κ3) is 6.79. The minimum Gasteiger partial charge on any atom is -0.497 e. The summed E-state index contributed by atoms with van der Waals surface area (Å²) in [6.45, 7) is 5.41. The Labute approximate surface area is 251 Å². The number of hydrogen-bond donors (Lipinski definition) is 1. The fourth-order valence-corrected chi connectivity index (χ4v) is 6.80. The summed E-state index contributed by atoms with van der Waals surface area (Å²) in [4.78, 5) is 16.6. The van der Waals surface area contributed by atoms with Crippen LogP contribution < -0.4 is 19.1 Å². The average molecular weight is 646 g/mol. The third-order valence-corrected chi connectivity index (χ3v) is 9.18. The number of amides is 1. The number of methoxy groups -OCH3 is 2. The topological polar surface area (TPSA) is 123 Å². The molecule has 1 aliphatic heterocycles. The maximum atomic E-state index is 15.7. The van der Waals surface area contributed by atoms with E-state index in [9.17, 15) is 13.2 Å². The Morgan fingerprint density at radius 1 is 1.24 bits per heavy atom. The molecular formula is C26H30ClF2N5O6S2.